The molecule has 1 amide bonds. The summed E-state index contributed by atoms with van der Waals surface area (Å²) in [4.78, 5) is 16.3. The molecule has 0 spiro atoms. The average Bonchev–Trinajstić information content (AvgIpc) is 2.66. The molecule has 3 N–H and O–H groups in total. The van der Waals surface area contributed by atoms with Gasteiger partial charge >= 0.3 is 6.18 Å². The van der Waals surface area contributed by atoms with Gasteiger partial charge in [0.1, 0.15) is 11.6 Å². The van der Waals surface area contributed by atoms with Crippen LogP contribution in [0, 0.1) is 5.82 Å². The molecule has 1 aromatic heterocycles. The molecule has 180 valence electrons. The fourth-order valence-electron chi connectivity index (χ4n) is 2.86. The van der Waals surface area contributed by atoms with Crippen LogP contribution >= 0.6 is 0 Å². The second-order valence-corrected chi connectivity index (χ2v) is 9.34. The van der Waals surface area contributed by atoms with Crippen molar-refractivity contribution in [3.05, 3.63) is 59.0 Å². The number of sulfonamides is 1. The maximum absolute atomic E-state index is 14.2. The fraction of sp³-hybridized carbons (Fsp3) is 0.333. The van der Waals surface area contributed by atoms with Crippen molar-refractivity contribution in [3.8, 4) is 0 Å². The molecule has 2 aromatic rings. The third-order valence-corrected chi connectivity index (χ3v) is 4.86. The van der Waals surface area contributed by atoms with Crippen LogP contribution < -0.4 is 15.4 Å². The summed E-state index contributed by atoms with van der Waals surface area (Å²) in [5.74, 6) is -1.58. The Kier molecular flexibility index (Phi) is 8.06. The second-order valence-electron chi connectivity index (χ2n) is 7.59. The Morgan fingerprint density at radius 3 is 2.36 bits per heavy atom. The minimum absolute atomic E-state index is 0.0204. The predicted octanol–water partition coefficient (Wildman–Crippen LogP) is 4.32. The van der Waals surface area contributed by atoms with Gasteiger partial charge in [0.2, 0.25) is 15.9 Å². The second kappa shape index (κ2) is 10.2. The first-order valence-corrected chi connectivity index (χ1v) is 11.6. The summed E-state index contributed by atoms with van der Waals surface area (Å²) >= 11 is 0. The van der Waals surface area contributed by atoms with Crippen LogP contribution in [0.2, 0.25) is 0 Å². The molecule has 2 rings (SSSR count). The molecule has 12 heteroatoms. The molecule has 0 fully saturated rings. The number of anilines is 2. The first-order chi connectivity index (χ1) is 15.2. The van der Waals surface area contributed by atoms with Crippen molar-refractivity contribution in [2.45, 2.75) is 39.0 Å². The number of benzene rings is 1. The Morgan fingerprint density at radius 1 is 1.15 bits per heavy atom. The van der Waals surface area contributed by atoms with E-state index in [2.05, 4.69) is 15.6 Å². The number of halogens is 4. The SMILES string of the molecule is CC(C)Nc1nccc(C(F)(F)F)c1C=CC(=O)N[C@H](C)c1ccc(NS(C)(=O)=O)c(F)c1. The molecule has 0 aliphatic carbocycles. The van der Waals surface area contributed by atoms with Crippen LogP contribution in [0.4, 0.5) is 29.1 Å². The van der Waals surface area contributed by atoms with Crippen molar-refractivity contribution in [1.82, 2.24) is 10.3 Å². The highest BCUT2D eigenvalue weighted by Crippen LogP contribution is 2.35. The molecule has 1 heterocycles. The van der Waals surface area contributed by atoms with Crippen molar-refractivity contribution in [2.24, 2.45) is 0 Å². The highest BCUT2D eigenvalue weighted by Gasteiger charge is 2.34. The summed E-state index contributed by atoms with van der Waals surface area (Å²) in [6.07, 6.45) is -0.792. The van der Waals surface area contributed by atoms with Gasteiger partial charge in [0, 0.05) is 23.9 Å². The van der Waals surface area contributed by atoms with Crippen LogP contribution in [0.15, 0.2) is 36.5 Å². The van der Waals surface area contributed by atoms with Gasteiger partial charge in [-0.15, -0.1) is 0 Å². The molecular weight excluding hydrogens is 464 g/mol. The number of carbonyl (C=O) groups excluding carboxylic acids is 1. The molecule has 0 radical (unpaired) electrons. The number of nitrogens with zero attached hydrogens (tertiary/aromatic N) is 1. The Hall–Kier alpha value is -3.15. The van der Waals surface area contributed by atoms with Crippen LogP contribution in [0.3, 0.4) is 0 Å². The Morgan fingerprint density at radius 2 is 1.82 bits per heavy atom. The lowest BCUT2D eigenvalue weighted by Gasteiger charge is -2.17. The zero-order valence-corrected chi connectivity index (χ0v) is 19.1. The van der Waals surface area contributed by atoms with Gasteiger partial charge in [-0.1, -0.05) is 6.07 Å². The van der Waals surface area contributed by atoms with Gasteiger partial charge in [0.25, 0.3) is 0 Å². The lowest BCUT2D eigenvalue weighted by atomic mass is 10.1. The van der Waals surface area contributed by atoms with E-state index >= 15 is 0 Å². The lowest BCUT2D eigenvalue weighted by molar-refractivity contribution is -0.137. The normalized spacial score (nSPS) is 13.2. The van der Waals surface area contributed by atoms with Crippen molar-refractivity contribution in [1.29, 1.82) is 0 Å². The molecule has 7 nitrogen and oxygen atoms in total. The van der Waals surface area contributed by atoms with E-state index in [1.165, 1.54) is 12.1 Å². The fourth-order valence-corrected chi connectivity index (χ4v) is 3.43. The first-order valence-electron chi connectivity index (χ1n) is 9.76. The van der Waals surface area contributed by atoms with E-state index in [1.807, 2.05) is 4.72 Å². The van der Waals surface area contributed by atoms with Crippen LogP contribution in [0.1, 0.15) is 43.5 Å². The summed E-state index contributed by atoms with van der Waals surface area (Å²) in [7, 11) is -3.67. The number of hydrogen-bond donors (Lipinski definition) is 3. The Balaban J connectivity index is 2.22. The van der Waals surface area contributed by atoms with E-state index in [0.717, 1.165) is 36.7 Å². The Labute approximate surface area is 189 Å². The molecule has 0 saturated carbocycles. The van der Waals surface area contributed by atoms with E-state index in [9.17, 15) is 30.8 Å². The van der Waals surface area contributed by atoms with E-state index in [1.54, 1.807) is 20.8 Å². The summed E-state index contributed by atoms with van der Waals surface area (Å²) in [5, 5.41) is 5.35. The number of rotatable bonds is 8. The van der Waals surface area contributed by atoms with Gasteiger partial charge in [-0.25, -0.2) is 17.8 Å². The molecular formula is C21H24F4N4O3S. The minimum Gasteiger partial charge on any atom is -0.367 e. The number of nitrogens with one attached hydrogen (secondary N) is 3. The number of carbonyl (C=O) groups is 1. The smallest absolute Gasteiger partial charge is 0.367 e. The molecule has 1 aromatic carbocycles. The highest BCUT2D eigenvalue weighted by atomic mass is 32.2. The number of amides is 1. The molecule has 33 heavy (non-hydrogen) atoms. The maximum Gasteiger partial charge on any atom is 0.417 e. The van der Waals surface area contributed by atoms with E-state index in [4.69, 9.17) is 0 Å². The van der Waals surface area contributed by atoms with Crippen molar-refractivity contribution in [3.63, 3.8) is 0 Å². The quantitative estimate of drug-likeness (QED) is 0.380. The van der Waals surface area contributed by atoms with Crippen LogP contribution in [0.25, 0.3) is 6.08 Å². The minimum atomic E-state index is -4.65. The van der Waals surface area contributed by atoms with E-state index < -0.39 is 39.5 Å². The largest absolute Gasteiger partial charge is 0.417 e. The van der Waals surface area contributed by atoms with E-state index in [0.29, 0.717) is 5.56 Å². The van der Waals surface area contributed by atoms with E-state index in [-0.39, 0.29) is 23.1 Å². The van der Waals surface area contributed by atoms with Gasteiger partial charge in [0.15, 0.2) is 0 Å². The summed E-state index contributed by atoms with van der Waals surface area (Å²) in [6, 6.07) is 3.58. The number of alkyl halides is 3. The zero-order chi connectivity index (χ0) is 25.0. The van der Waals surface area contributed by atoms with Gasteiger partial charge < -0.3 is 10.6 Å². The molecule has 0 bridgehead atoms. The molecule has 0 saturated heterocycles. The zero-order valence-electron chi connectivity index (χ0n) is 18.3. The van der Waals surface area contributed by atoms with Gasteiger partial charge in [-0.05, 0) is 50.6 Å². The van der Waals surface area contributed by atoms with Gasteiger partial charge in [0.05, 0.1) is 23.5 Å². The standard InChI is InChI=1S/C21H24F4N4O3S/c1-12(2)27-20-15(16(9-10-26-20)21(23,24)25)6-8-19(30)28-13(3)14-5-7-18(17(22)11-14)29-33(4,31)32/h5-13,29H,1-4H3,(H,26,27)(H,28,30)/t13-/m1/s1. The van der Waals surface area contributed by atoms with Crippen LogP contribution in [0.5, 0.6) is 0 Å². The lowest BCUT2D eigenvalue weighted by Crippen LogP contribution is -2.25. The van der Waals surface area contributed by atoms with Gasteiger partial charge in [-0.3, -0.25) is 9.52 Å². The molecule has 0 unspecified atom stereocenters. The molecule has 1 atom stereocenters. The van der Waals surface area contributed by atoms with Crippen molar-refractivity contribution in [2.75, 3.05) is 16.3 Å². The Bertz CT molecular complexity index is 1150. The topological polar surface area (TPSA) is 100 Å². The third-order valence-electron chi connectivity index (χ3n) is 4.27. The van der Waals surface area contributed by atoms with Crippen LogP contribution in [-0.2, 0) is 21.0 Å². The highest BCUT2D eigenvalue weighted by molar-refractivity contribution is 7.92. The van der Waals surface area contributed by atoms with Crippen molar-refractivity contribution >= 4 is 33.5 Å². The average molecular weight is 489 g/mol. The summed E-state index contributed by atoms with van der Waals surface area (Å²) < 4.78 is 79.0. The first kappa shape index (κ1) is 26.1. The van der Waals surface area contributed by atoms with Crippen LogP contribution in [-0.4, -0.2) is 31.6 Å². The summed E-state index contributed by atoms with van der Waals surface area (Å²) in [5.41, 5.74) is -1.16. The third kappa shape index (κ3) is 7.74. The number of pyridine rings is 1. The predicted molar refractivity (Wildman–Crippen MR) is 118 cm³/mol. The maximum atomic E-state index is 14.2. The summed E-state index contributed by atoms with van der Waals surface area (Å²) in [6.45, 7) is 5.01. The molecule has 0 aliphatic heterocycles. The number of aromatic nitrogens is 1. The monoisotopic (exact) mass is 488 g/mol. The number of hydrogen-bond acceptors (Lipinski definition) is 5. The van der Waals surface area contributed by atoms with Gasteiger partial charge in [-0.2, -0.15) is 13.2 Å². The van der Waals surface area contributed by atoms with Crippen molar-refractivity contribution < 1.29 is 30.8 Å². The molecule has 0 aliphatic rings.